The molecular formula is C8H18O8. The van der Waals surface area contributed by atoms with E-state index < -0.39 is 42.9 Å². The lowest BCUT2D eigenvalue weighted by Gasteiger charge is -2.32. The van der Waals surface area contributed by atoms with Gasteiger partial charge in [-0.25, -0.2) is 0 Å². The molecule has 0 aromatic carbocycles. The molecule has 0 fully saturated rings. The van der Waals surface area contributed by atoms with Crippen LogP contribution < -0.4 is 0 Å². The Labute approximate surface area is 91.6 Å². The average Bonchev–Trinajstić information content (AvgIpc) is 2.22. The van der Waals surface area contributed by atoms with Crippen molar-refractivity contribution in [1.29, 1.82) is 0 Å². The van der Waals surface area contributed by atoms with Gasteiger partial charge >= 0.3 is 0 Å². The second-order valence-corrected chi connectivity index (χ2v) is 3.76. The van der Waals surface area contributed by atoms with Gasteiger partial charge in [0.2, 0.25) is 0 Å². The number of aliphatic hydroxyl groups excluding tert-OH is 6. The molecule has 0 aromatic heterocycles. The highest BCUT2D eigenvalue weighted by atomic mass is 16.5. The third-order valence-electron chi connectivity index (χ3n) is 2.16. The first-order chi connectivity index (χ1) is 7.12. The van der Waals surface area contributed by atoms with Crippen molar-refractivity contribution in [3.8, 4) is 0 Å². The Morgan fingerprint density at radius 2 is 1.31 bits per heavy atom. The highest BCUT2D eigenvalue weighted by Crippen LogP contribution is 2.15. The van der Waals surface area contributed by atoms with E-state index in [9.17, 15) is 15.3 Å². The van der Waals surface area contributed by atoms with Crippen LogP contribution in [0.25, 0.3) is 0 Å². The van der Waals surface area contributed by atoms with E-state index in [4.69, 9.17) is 25.5 Å². The Hall–Kier alpha value is -0.320. The van der Waals surface area contributed by atoms with Gasteiger partial charge in [-0.2, -0.15) is 0 Å². The summed E-state index contributed by atoms with van der Waals surface area (Å²) in [7, 11) is 0. The van der Waals surface area contributed by atoms with Crippen LogP contribution in [-0.2, 0) is 0 Å². The SMILES string of the molecule is CC(O)(O)C(O)C(O)C(O)C(O)C(O)CO. The fourth-order valence-electron chi connectivity index (χ4n) is 1.05. The topological polar surface area (TPSA) is 162 Å². The second kappa shape index (κ2) is 5.84. The molecule has 0 aliphatic heterocycles. The molecule has 0 amide bonds. The number of hydrogen-bond donors (Lipinski definition) is 8. The molecule has 0 spiro atoms. The largest absolute Gasteiger partial charge is 0.394 e. The predicted octanol–water partition coefficient (Wildman–Crippen LogP) is -4.52. The summed E-state index contributed by atoms with van der Waals surface area (Å²) in [6, 6.07) is 0. The maximum atomic E-state index is 9.27. The van der Waals surface area contributed by atoms with Crippen molar-refractivity contribution in [2.45, 2.75) is 43.2 Å². The van der Waals surface area contributed by atoms with Gasteiger partial charge in [-0.05, 0) is 6.92 Å². The smallest absolute Gasteiger partial charge is 0.189 e. The molecule has 0 radical (unpaired) electrons. The number of aliphatic hydroxyl groups is 8. The van der Waals surface area contributed by atoms with Crippen molar-refractivity contribution in [3.05, 3.63) is 0 Å². The van der Waals surface area contributed by atoms with Crippen LogP contribution in [0.4, 0.5) is 0 Å². The summed E-state index contributed by atoms with van der Waals surface area (Å²) in [6.07, 6.45) is -9.95. The molecule has 0 aliphatic rings. The minimum atomic E-state index is -2.68. The molecular weight excluding hydrogens is 224 g/mol. The Balaban J connectivity index is 4.55. The molecule has 8 N–H and O–H groups in total. The molecule has 0 heterocycles. The highest BCUT2D eigenvalue weighted by molar-refractivity contribution is 4.88. The summed E-state index contributed by atoms with van der Waals surface area (Å²) < 4.78 is 0. The third kappa shape index (κ3) is 3.92. The van der Waals surface area contributed by atoms with E-state index in [1.807, 2.05) is 0 Å². The van der Waals surface area contributed by atoms with Crippen LogP contribution in [0, 0.1) is 0 Å². The zero-order valence-corrected chi connectivity index (χ0v) is 8.67. The van der Waals surface area contributed by atoms with Crippen LogP contribution in [0.5, 0.6) is 0 Å². The first-order valence-electron chi connectivity index (χ1n) is 4.58. The van der Waals surface area contributed by atoms with Gasteiger partial charge in [0.05, 0.1) is 6.61 Å². The molecule has 0 saturated heterocycles. The summed E-state index contributed by atoms with van der Waals surface area (Å²) in [4.78, 5) is 0. The molecule has 0 rings (SSSR count). The zero-order valence-electron chi connectivity index (χ0n) is 8.67. The monoisotopic (exact) mass is 242 g/mol. The van der Waals surface area contributed by atoms with E-state index in [0.717, 1.165) is 6.92 Å². The maximum Gasteiger partial charge on any atom is 0.189 e. The van der Waals surface area contributed by atoms with E-state index in [1.54, 1.807) is 0 Å². The Kier molecular flexibility index (Phi) is 5.73. The molecule has 0 bridgehead atoms. The molecule has 8 nitrogen and oxygen atoms in total. The van der Waals surface area contributed by atoms with Crippen LogP contribution in [0.3, 0.4) is 0 Å². The average molecular weight is 242 g/mol. The van der Waals surface area contributed by atoms with Crippen molar-refractivity contribution in [1.82, 2.24) is 0 Å². The minimum absolute atomic E-state index is 0.766. The third-order valence-corrected chi connectivity index (χ3v) is 2.16. The molecule has 5 unspecified atom stereocenters. The molecule has 8 heteroatoms. The van der Waals surface area contributed by atoms with Crippen LogP contribution >= 0.6 is 0 Å². The van der Waals surface area contributed by atoms with Gasteiger partial charge in [0, 0.05) is 0 Å². The fraction of sp³-hybridized carbons (Fsp3) is 1.00. The van der Waals surface area contributed by atoms with Crippen LogP contribution in [-0.4, -0.2) is 83.8 Å². The molecule has 0 saturated carbocycles. The first kappa shape index (κ1) is 15.7. The predicted molar refractivity (Wildman–Crippen MR) is 50.0 cm³/mol. The maximum absolute atomic E-state index is 9.27. The van der Waals surface area contributed by atoms with Crippen molar-refractivity contribution < 1.29 is 40.9 Å². The van der Waals surface area contributed by atoms with E-state index in [0.29, 0.717) is 0 Å². The van der Waals surface area contributed by atoms with Crippen LogP contribution in [0.1, 0.15) is 6.92 Å². The molecule has 0 aliphatic carbocycles. The van der Waals surface area contributed by atoms with Gasteiger partial charge < -0.3 is 40.9 Å². The lowest BCUT2D eigenvalue weighted by Crippen LogP contribution is -2.56. The van der Waals surface area contributed by atoms with Gasteiger partial charge in [-0.15, -0.1) is 0 Å². The summed E-state index contributed by atoms with van der Waals surface area (Å²) in [6.45, 7) is -0.0982. The van der Waals surface area contributed by atoms with Crippen LogP contribution in [0.15, 0.2) is 0 Å². The second-order valence-electron chi connectivity index (χ2n) is 3.76. The van der Waals surface area contributed by atoms with Crippen molar-refractivity contribution >= 4 is 0 Å². The minimum Gasteiger partial charge on any atom is -0.394 e. The van der Waals surface area contributed by atoms with E-state index in [1.165, 1.54) is 0 Å². The van der Waals surface area contributed by atoms with Gasteiger partial charge in [-0.1, -0.05) is 0 Å². The number of rotatable bonds is 6. The van der Waals surface area contributed by atoms with Gasteiger partial charge in [0.25, 0.3) is 0 Å². The lowest BCUT2D eigenvalue weighted by atomic mass is 9.95. The Morgan fingerprint density at radius 3 is 1.62 bits per heavy atom. The highest BCUT2D eigenvalue weighted by Gasteiger charge is 2.41. The van der Waals surface area contributed by atoms with Crippen molar-refractivity contribution in [3.63, 3.8) is 0 Å². The van der Waals surface area contributed by atoms with Gasteiger partial charge in [0.15, 0.2) is 5.79 Å². The summed E-state index contributed by atoms with van der Waals surface area (Å²) in [5.74, 6) is -2.68. The van der Waals surface area contributed by atoms with Gasteiger partial charge in [0.1, 0.15) is 30.5 Å². The summed E-state index contributed by atoms with van der Waals surface area (Å²) >= 11 is 0. The Bertz CT molecular complexity index is 203. The molecule has 0 aromatic rings. The summed E-state index contributed by atoms with van der Waals surface area (Å²) in [5, 5.41) is 72.1. The van der Waals surface area contributed by atoms with Gasteiger partial charge in [-0.3, -0.25) is 0 Å². The fourth-order valence-corrected chi connectivity index (χ4v) is 1.05. The zero-order chi connectivity index (χ0) is 13.1. The normalized spacial score (nSPS) is 22.3. The van der Waals surface area contributed by atoms with E-state index in [2.05, 4.69) is 0 Å². The molecule has 16 heavy (non-hydrogen) atoms. The summed E-state index contributed by atoms with van der Waals surface area (Å²) in [5.41, 5.74) is 0. The van der Waals surface area contributed by atoms with Crippen molar-refractivity contribution in [2.24, 2.45) is 0 Å². The lowest BCUT2D eigenvalue weighted by molar-refractivity contribution is -0.253. The van der Waals surface area contributed by atoms with Crippen LogP contribution in [0.2, 0.25) is 0 Å². The molecule has 98 valence electrons. The quantitative estimate of drug-likeness (QED) is 0.216. The van der Waals surface area contributed by atoms with Crippen molar-refractivity contribution in [2.75, 3.05) is 6.61 Å². The first-order valence-corrected chi connectivity index (χ1v) is 4.58. The molecule has 5 atom stereocenters. The van der Waals surface area contributed by atoms with E-state index in [-0.39, 0.29) is 0 Å². The number of hydrogen-bond acceptors (Lipinski definition) is 8. The Morgan fingerprint density at radius 1 is 0.875 bits per heavy atom. The standard InChI is InChI=1S/C8H18O8/c1-8(15,16)7(14)6(13)5(12)4(11)3(10)2-9/h3-7,9-16H,2H2,1H3. The van der Waals surface area contributed by atoms with E-state index >= 15 is 0 Å².